The van der Waals surface area contributed by atoms with E-state index in [4.69, 9.17) is 4.74 Å². The highest BCUT2D eigenvalue weighted by atomic mass is 16.5. The van der Waals surface area contributed by atoms with Crippen molar-refractivity contribution in [2.45, 2.75) is 64.2 Å². The third-order valence-corrected chi connectivity index (χ3v) is 5.09. The number of likely N-dealkylation sites (tertiary alicyclic amines) is 1. The van der Waals surface area contributed by atoms with Crippen molar-refractivity contribution < 1.29 is 14.6 Å². The van der Waals surface area contributed by atoms with Crippen LogP contribution in [0.15, 0.2) is 6.07 Å². The fourth-order valence-electron chi connectivity index (χ4n) is 3.81. The number of rotatable bonds is 4. The van der Waals surface area contributed by atoms with Gasteiger partial charge in [0.15, 0.2) is 0 Å². The maximum atomic E-state index is 12.5. The summed E-state index contributed by atoms with van der Waals surface area (Å²) in [6.07, 6.45) is 3.30. The highest BCUT2D eigenvalue weighted by molar-refractivity contribution is 5.76. The topological polar surface area (TPSA) is 67.6 Å². The minimum Gasteiger partial charge on any atom is -0.390 e. The number of aliphatic hydroxyl groups excluding tert-OH is 1. The van der Waals surface area contributed by atoms with Gasteiger partial charge in [0.2, 0.25) is 5.91 Å². The largest absolute Gasteiger partial charge is 0.390 e. The molecule has 3 rings (SSSR count). The molecule has 1 spiro atoms. The minimum absolute atomic E-state index is 0.160. The zero-order valence-electron chi connectivity index (χ0n) is 14.1. The fourth-order valence-corrected chi connectivity index (χ4v) is 3.81. The summed E-state index contributed by atoms with van der Waals surface area (Å²) in [7, 11) is 0. The Morgan fingerprint density at radius 1 is 1.52 bits per heavy atom. The fraction of sp³-hybridized carbons (Fsp3) is 0.765. The summed E-state index contributed by atoms with van der Waals surface area (Å²) in [4.78, 5) is 14.4. The monoisotopic (exact) mass is 321 g/mol. The van der Waals surface area contributed by atoms with Gasteiger partial charge in [-0.2, -0.15) is 5.10 Å². The lowest BCUT2D eigenvalue weighted by Gasteiger charge is -2.43. The van der Waals surface area contributed by atoms with E-state index in [1.807, 2.05) is 23.4 Å². The van der Waals surface area contributed by atoms with E-state index in [0.717, 1.165) is 37.2 Å². The van der Waals surface area contributed by atoms with Crippen LogP contribution in [-0.4, -0.2) is 57.1 Å². The van der Waals surface area contributed by atoms with E-state index >= 15 is 0 Å². The molecule has 0 saturated carbocycles. The van der Waals surface area contributed by atoms with Crippen LogP contribution in [0.2, 0.25) is 0 Å². The molecule has 6 heteroatoms. The Hall–Kier alpha value is -1.40. The molecule has 2 fully saturated rings. The molecule has 2 saturated heterocycles. The van der Waals surface area contributed by atoms with Gasteiger partial charge in [0.25, 0.3) is 0 Å². The van der Waals surface area contributed by atoms with Gasteiger partial charge in [-0.1, -0.05) is 0 Å². The molecule has 0 aromatic carbocycles. The Morgan fingerprint density at radius 2 is 2.35 bits per heavy atom. The molecule has 2 aliphatic heterocycles. The van der Waals surface area contributed by atoms with Crippen LogP contribution in [0.25, 0.3) is 0 Å². The van der Waals surface area contributed by atoms with Gasteiger partial charge in [-0.05, 0) is 45.6 Å². The van der Waals surface area contributed by atoms with Gasteiger partial charge in [-0.25, -0.2) is 0 Å². The minimum atomic E-state index is -0.510. The van der Waals surface area contributed by atoms with Crippen LogP contribution in [0.3, 0.4) is 0 Å². The summed E-state index contributed by atoms with van der Waals surface area (Å²) in [6.45, 7) is 6.64. The highest BCUT2D eigenvalue weighted by Crippen LogP contribution is 2.35. The average Bonchev–Trinajstić information content (AvgIpc) is 3.10. The number of nitrogens with zero attached hydrogens (tertiary/aromatic N) is 3. The van der Waals surface area contributed by atoms with Crippen LogP contribution in [0, 0.1) is 13.8 Å². The number of carbonyl (C=O) groups excluding carboxylic acids is 1. The lowest BCUT2D eigenvalue weighted by atomic mass is 9.87. The molecule has 1 N–H and O–H groups in total. The molecule has 2 aliphatic rings. The molecule has 0 radical (unpaired) electrons. The van der Waals surface area contributed by atoms with Crippen LogP contribution in [0.5, 0.6) is 0 Å². The molecule has 23 heavy (non-hydrogen) atoms. The predicted octanol–water partition coefficient (Wildman–Crippen LogP) is 1.42. The Bertz CT molecular complexity index is 563. The van der Waals surface area contributed by atoms with Crippen LogP contribution in [0.1, 0.15) is 43.5 Å². The number of carbonyl (C=O) groups is 1. The highest BCUT2D eigenvalue weighted by Gasteiger charge is 2.46. The second kappa shape index (κ2) is 6.61. The van der Waals surface area contributed by atoms with Gasteiger partial charge in [0.05, 0.1) is 18.3 Å². The Kier molecular flexibility index (Phi) is 4.73. The molecule has 0 unspecified atom stereocenters. The average molecular weight is 321 g/mol. The molecule has 128 valence electrons. The van der Waals surface area contributed by atoms with E-state index in [-0.39, 0.29) is 5.91 Å². The number of aromatic nitrogens is 2. The number of aryl methyl sites for hydroxylation is 3. The van der Waals surface area contributed by atoms with Gasteiger partial charge in [0, 0.05) is 31.8 Å². The van der Waals surface area contributed by atoms with E-state index in [2.05, 4.69) is 11.2 Å². The first-order valence-corrected chi connectivity index (χ1v) is 8.61. The molecule has 1 aromatic rings. The lowest BCUT2D eigenvalue weighted by Crippen LogP contribution is -2.57. The number of ether oxygens (including phenoxy) is 1. The Morgan fingerprint density at radius 3 is 3.00 bits per heavy atom. The van der Waals surface area contributed by atoms with Crippen LogP contribution in [-0.2, 0) is 16.1 Å². The molecule has 6 nitrogen and oxygen atoms in total. The van der Waals surface area contributed by atoms with Gasteiger partial charge in [-0.15, -0.1) is 0 Å². The van der Waals surface area contributed by atoms with E-state index < -0.39 is 11.7 Å². The smallest absolute Gasteiger partial charge is 0.222 e. The summed E-state index contributed by atoms with van der Waals surface area (Å²) in [5, 5.41) is 14.7. The maximum absolute atomic E-state index is 12.5. The normalized spacial score (nSPS) is 27.8. The number of hydrogen-bond donors (Lipinski definition) is 1. The van der Waals surface area contributed by atoms with Crippen LogP contribution < -0.4 is 0 Å². The molecule has 3 heterocycles. The zero-order chi connectivity index (χ0) is 16.4. The summed E-state index contributed by atoms with van der Waals surface area (Å²) in [5.41, 5.74) is 1.64. The quantitative estimate of drug-likeness (QED) is 0.911. The SMILES string of the molecule is Cc1cc(C)n(CCCC(=O)N2CC[C@H](O)[C@]3(CCCO3)C2)n1. The van der Waals surface area contributed by atoms with E-state index in [1.54, 1.807) is 0 Å². The lowest BCUT2D eigenvalue weighted by molar-refractivity contribution is -0.155. The first kappa shape index (κ1) is 16.5. The van der Waals surface area contributed by atoms with Gasteiger partial charge in [-0.3, -0.25) is 9.48 Å². The van der Waals surface area contributed by atoms with Crippen LogP contribution in [0.4, 0.5) is 0 Å². The summed E-state index contributed by atoms with van der Waals surface area (Å²) in [5.74, 6) is 0.160. The standard InChI is InChI=1S/C17H27N3O3/c1-13-11-14(2)20(18-13)8-3-5-16(22)19-9-6-15(21)17(12-19)7-4-10-23-17/h11,15,21H,3-10,12H2,1-2H3/t15-,17-/m0/s1. The number of hydrogen-bond acceptors (Lipinski definition) is 4. The molecule has 1 amide bonds. The van der Waals surface area contributed by atoms with E-state index in [9.17, 15) is 9.90 Å². The van der Waals surface area contributed by atoms with Gasteiger partial charge < -0.3 is 14.7 Å². The molecule has 2 atom stereocenters. The molecular formula is C17H27N3O3. The molecular weight excluding hydrogens is 294 g/mol. The molecule has 1 aromatic heterocycles. The van der Waals surface area contributed by atoms with Crippen molar-refractivity contribution in [3.63, 3.8) is 0 Å². The number of piperidine rings is 1. The van der Waals surface area contributed by atoms with E-state index in [1.165, 1.54) is 0 Å². The van der Waals surface area contributed by atoms with Gasteiger partial charge >= 0.3 is 0 Å². The predicted molar refractivity (Wildman–Crippen MR) is 86.1 cm³/mol. The van der Waals surface area contributed by atoms with E-state index in [0.29, 0.717) is 32.5 Å². The van der Waals surface area contributed by atoms with Crippen molar-refractivity contribution in [1.29, 1.82) is 0 Å². The second-order valence-corrected chi connectivity index (χ2v) is 6.89. The van der Waals surface area contributed by atoms with Crippen molar-refractivity contribution in [3.8, 4) is 0 Å². The van der Waals surface area contributed by atoms with Crippen molar-refractivity contribution >= 4 is 5.91 Å². The summed E-state index contributed by atoms with van der Waals surface area (Å²) < 4.78 is 7.77. The Labute approximate surface area is 137 Å². The van der Waals surface area contributed by atoms with Crippen molar-refractivity contribution in [3.05, 3.63) is 17.5 Å². The third kappa shape index (κ3) is 3.43. The second-order valence-electron chi connectivity index (χ2n) is 6.89. The molecule has 0 bridgehead atoms. The summed E-state index contributed by atoms with van der Waals surface area (Å²) >= 11 is 0. The molecule has 0 aliphatic carbocycles. The summed E-state index contributed by atoms with van der Waals surface area (Å²) in [6, 6.07) is 2.05. The van der Waals surface area contributed by atoms with Crippen LogP contribution >= 0.6 is 0 Å². The van der Waals surface area contributed by atoms with Gasteiger partial charge in [0.1, 0.15) is 5.60 Å². The maximum Gasteiger partial charge on any atom is 0.222 e. The number of amides is 1. The Balaban J connectivity index is 1.51. The van der Waals surface area contributed by atoms with Crippen molar-refractivity contribution in [2.24, 2.45) is 0 Å². The zero-order valence-corrected chi connectivity index (χ0v) is 14.1. The van der Waals surface area contributed by atoms with Crippen molar-refractivity contribution in [1.82, 2.24) is 14.7 Å². The van der Waals surface area contributed by atoms with Crippen molar-refractivity contribution in [2.75, 3.05) is 19.7 Å². The number of aliphatic hydroxyl groups is 1. The first-order chi connectivity index (χ1) is 11.0. The third-order valence-electron chi connectivity index (χ3n) is 5.09. The first-order valence-electron chi connectivity index (χ1n) is 8.61.